The van der Waals surface area contributed by atoms with Crippen LogP contribution in [0.15, 0.2) is 48.5 Å². The molecule has 2 aromatic rings. The number of alkyl halides is 1. The average Bonchev–Trinajstić information content (AvgIpc) is 2.60. The number of aromatic hydroxyl groups is 1. The van der Waals surface area contributed by atoms with Crippen molar-refractivity contribution < 1.29 is 9.90 Å². The first-order valence-electron chi connectivity index (χ1n) is 8.08. The van der Waals surface area contributed by atoms with Gasteiger partial charge in [-0.25, -0.2) is 0 Å². The van der Waals surface area contributed by atoms with E-state index in [4.69, 9.17) is 11.6 Å². The molecule has 0 aliphatic carbocycles. The third kappa shape index (κ3) is 4.14. The Balaban J connectivity index is 2.29. The van der Waals surface area contributed by atoms with Gasteiger partial charge in [0.25, 0.3) is 0 Å². The van der Waals surface area contributed by atoms with E-state index in [9.17, 15) is 9.90 Å². The smallest absolute Gasteiger partial charge is 0.177 e. The zero-order chi connectivity index (χ0) is 16.8. The average molecular weight is 331 g/mol. The number of carbonyl (C=O) groups is 1. The number of carbonyl (C=O) groups excluding carboxylic acids is 1. The van der Waals surface area contributed by atoms with Gasteiger partial charge in [0.2, 0.25) is 0 Å². The molecule has 2 atom stereocenters. The van der Waals surface area contributed by atoms with Gasteiger partial charge in [0.15, 0.2) is 5.78 Å². The maximum Gasteiger partial charge on any atom is 0.177 e. The number of phenolic OH excluding ortho intramolecular Hbond substituents is 1. The Hall–Kier alpha value is -1.80. The van der Waals surface area contributed by atoms with Crippen molar-refractivity contribution in [2.75, 3.05) is 5.88 Å². The molecule has 2 nitrogen and oxygen atoms in total. The summed E-state index contributed by atoms with van der Waals surface area (Å²) in [5.74, 6) is 1.03. The first kappa shape index (κ1) is 17.6. The molecule has 0 unspecified atom stereocenters. The van der Waals surface area contributed by atoms with Crippen molar-refractivity contribution in [2.45, 2.75) is 38.5 Å². The summed E-state index contributed by atoms with van der Waals surface area (Å²) in [5, 5.41) is 9.49. The van der Waals surface area contributed by atoms with E-state index in [0.29, 0.717) is 23.1 Å². The Kier molecular flexibility index (Phi) is 6.23. The first-order valence-corrected chi connectivity index (χ1v) is 8.62. The Labute approximate surface area is 143 Å². The molecule has 23 heavy (non-hydrogen) atoms. The summed E-state index contributed by atoms with van der Waals surface area (Å²) in [5.41, 5.74) is 3.13. The fourth-order valence-electron chi connectivity index (χ4n) is 3.22. The normalized spacial score (nSPS) is 13.5. The fraction of sp³-hybridized carbons (Fsp3) is 0.350. The van der Waals surface area contributed by atoms with Crippen LogP contribution in [0, 0.1) is 0 Å². The van der Waals surface area contributed by atoms with Crippen molar-refractivity contribution in [1.29, 1.82) is 0 Å². The van der Waals surface area contributed by atoms with E-state index in [1.54, 1.807) is 12.1 Å². The second-order valence-electron chi connectivity index (χ2n) is 5.80. The highest BCUT2D eigenvalue weighted by Gasteiger charge is 2.22. The van der Waals surface area contributed by atoms with Crippen LogP contribution in [0.3, 0.4) is 0 Å². The molecule has 0 aliphatic heterocycles. The molecular formula is C20H23ClO2. The number of rotatable bonds is 7. The number of Topliss-reactive ketones (excluding diaryl/α,β-unsaturated/α-hetero) is 1. The number of halogens is 1. The Morgan fingerprint density at radius 3 is 1.74 bits per heavy atom. The van der Waals surface area contributed by atoms with Gasteiger partial charge in [-0.15, -0.1) is 11.6 Å². The van der Waals surface area contributed by atoms with E-state index in [2.05, 4.69) is 13.8 Å². The minimum atomic E-state index is -0.0446. The number of benzene rings is 2. The van der Waals surface area contributed by atoms with Crippen molar-refractivity contribution in [2.24, 2.45) is 0 Å². The van der Waals surface area contributed by atoms with Crippen LogP contribution in [-0.4, -0.2) is 16.8 Å². The predicted octanol–water partition coefficient (Wildman–Crippen LogP) is 5.50. The maximum atomic E-state index is 11.7. The van der Waals surface area contributed by atoms with Gasteiger partial charge in [-0.05, 0) is 47.9 Å². The van der Waals surface area contributed by atoms with Crippen LogP contribution < -0.4 is 0 Å². The van der Waals surface area contributed by atoms with Crippen molar-refractivity contribution in [3.8, 4) is 5.75 Å². The van der Waals surface area contributed by atoms with Gasteiger partial charge < -0.3 is 5.11 Å². The molecule has 0 radical (unpaired) electrons. The Bertz CT molecular complexity index is 632. The van der Waals surface area contributed by atoms with E-state index in [1.165, 1.54) is 11.1 Å². The van der Waals surface area contributed by atoms with Gasteiger partial charge in [-0.1, -0.05) is 50.2 Å². The zero-order valence-corrected chi connectivity index (χ0v) is 14.4. The standard InChI is InChI=1S/C20H23ClO2/c1-3-18(14-5-7-16(8-6-14)20(23)13-21)19(4-2)15-9-11-17(22)12-10-15/h5-12,18-19,22H,3-4,13H2,1-2H3/t18-,19+/m0/s1. The Morgan fingerprint density at radius 1 is 0.913 bits per heavy atom. The van der Waals surface area contributed by atoms with Gasteiger partial charge in [-0.3, -0.25) is 4.79 Å². The molecular weight excluding hydrogens is 308 g/mol. The molecule has 0 fully saturated rings. The molecule has 0 spiro atoms. The largest absolute Gasteiger partial charge is 0.508 e. The molecule has 0 aromatic heterocycles. The van der Waals surface area contributed by atoms with Crippen molar-refractivity contribution in [1.82, 2.24) is 0 Å². The van der Waals surface area contributed by atoms with Gasteiger partial charge in [0, 0.05) is 5.56 Å². The molecule has 0 heterocycles. The SMILES string of the molecule is CC[C@H](c1ccc(O)cc1)[C@@H](CC)c1ccc(C(=O)CCl)cc1. The molecule has 0 amide bonds. The van der Waals surface area contributed by atoms with E-state index < -0.39 is 0 Å². The van der Waals surface area contributed by atoms with Gasteiger partial charge in [0.1, 0.15) is 5.75 Å². The lowest BCUT2D eigenvalue weighted by molar-refractivity contribution is 0.102. The second kappa shape index (κ2) is 8.16. The summed E-state index contributed by atoms with van der Waals surface area (Å²) >= 11 is 5.61. The quantitative estimate of drug-likeness (QED) is 0.537. The molecule has 0 bridgehead atoms. The van der Waals surface area contributed by atoms with Crippen molar-refractivity contribution >= 4 is 17.4 Å². The van der Waals surface area contributed by atoms with E-state index in [1.807, 2.05) is 36.4 Å². The fourth-order valence-corrected chi connectivity index (χ4v) is 3.37. The monoisotopic (exact) mass is 330 g/mol. The molecule has 1 N–H and O–H groups in total. The summed E-state index contributed by atoms with van der Waals surface area (Å²) < 4.78 is 0. The lowest BCUT2D eigenvalue weighted by Gasteiger charge is -2.26. The highest BCUT2D eigenvalue weighted by atomic mass is 35.5. The number of hydrogen-bond donors (Lipinski definition) is 1. The third-order valence-corrected chi connectivity index (χ3v) is 4.71. The third-order valence-electron chi connectivity index (χ3n) is 4.47. The van der Waals surface area contributed by atoms with Gasteiger partial charge in [-0.2, -0.15) is 0 Å². The van der Waals surface area contributed by atoms with Gasteiger partial charge >= 0.3 is 0 Å². The number of phenols is 1. The van der Waals surface area contributed by atoms with Crippen molar-refractivity contribution in [3.63, 3.8) is 0 Å². The van der Waals surface area contributed by atoms with Crippen LogP contribution in [0.4, 0.5) is 0 Å². The predicted molar refractivity (Wildman–Crippen MR) is 95.7 cm³/mol. The van der Waals surface area contributed by atoms with Gasteiger partial charge in [0.05, 0.1) is 5.88 Å². The molecule has 2 rings (SSSR count). The molecule has 122 valence electrons. The van der Waals surface area contributed by atoms with Crippen LogP contribution >= 0.6 is 11.6 Å². The molecule has 2 aromatic carbocycles. The van der Waals surface area contributed by atoms with E-state index >= 15 is 0 Å². The van der Waals surface area contributed by atoms with E-state index in [0.717, 1.165) is 12.8 Å². The van der Waals surface area contributed by atoms with Crippen LogP contribution in [0.5, 0.6) is 5.75 Å². The summed E-state index contributed by atoms with van der Waals surface area (Å²) in [7, 11) is 0. The minimum absolute atomic E-state index is 0.0155. The molecule has 0 saturated heterocycles. The first-order chi connectivity index (χ1) is 11.1. The summed E-state index contributed by atoms with van der Waals surface area (Å²) in [6.07, 6.45) is 2.04. The Morgan fingerprint density at radius 2 is 1.35 bits per heavy atom. The van der Waals surface area contributed by atoms with Crippen LogP contribution in [0.2, 0.25) is 0 Å². The lowest BCUT2D eigenvalue weighted by atomic mass is 9.78. The summed E-state index contributed by atoms with van der Waals surface area (Å²) in [6, 6.07) is 15.3. The van der Waals surface area contributed by atoms with Crippen LogP contribution in [-0.2, 0) is 0 Å². The maximum absolute atomic E-state index is 11.7. The lowest BCUT2D eigenvalue weighted by Crippen LogP contribution is -2.11. The second-order valence-corrected chi connectivity index (χ2v) is 6.07. The topological polar surface area (TPSA) is 37.3 Å². The number of hydrogen-bond acceptors (Lipinski definition) is 2. The zero-order valence-electron chi connectivity index (χ0n) is 13.6. The highest BCUT2D eigenvalue weighted by molar-refractivity contribution is 6.30. The number of ketones is 1. The molecule has 0 saturated carbocycles. The molecule has 3 heteroatoms. The highest BCUT2D eigenvalue weighted by Crippen LogP contribution is 2.38. The molecule has 0 aliphatic rings. The van der Waals surface area contributed by atoms with Crippen LogP contribution in [0.25, 0.3) is 0 Å². The van der Waals surface area contributed by atoms with Crippen LogP contribution in [0.1, 0.15) is 60.0 Å². The minimum Gasteiger partial charge on any atom is -0.508 e. The van der Waals surface area contributed by atoms with Crippen molar-refractivity contribution in [3.05, 3.63) is 65.2 Å². The summed E-state index contributed by atoms with van der Waals surface area (Å²) in [6.45, 7) is 4.37. The summed E-state index contributed by atoms with van der Waals surface area (Å²) in [4.78, 5) is 11.7. The van der Waals surface area contributed by atoms with E-state index in [-0.39, 0.29) is 11.7 Å².